The van der Waals surface area contributed by atoms with Gasteiger partial charge in [0.15, 0.2) is 0 Å². The monoisotopic (exact) mass is 234 g/mol. The van der Waals surface area contributed by atoms with Gasteiger partial charge >= 0.3 is 0 Å². The number of halogens is 2. The second kappa shape index (κ2) is 4.99. The molecule has 0 spiro atoms. The van der Waals surface area contributed by atoms with E-state index in [9.17, 15) is 5.11 Å². The van der Waals surface area contributed by atoms with Crippen molar-refractivity contribution in [2.75, 3.05) is 6.61 Å². The van der Waals surface area contributed by atoms with E-state index in [2.05, 4.69) is 0 Å². The van der Waals surface area contributed by atoms with Gasteiger partial charge in [0.2, 0.25) is 0 Å². The van der Waals surface area contributed by atoms with Crippen LogP contribution in [0.15, 0.2) is 18.2 Å². The molecule has 4 heteroatoms. The number of benzene rings is 1. The van der Waals surface area contributed by atoms with Crippen molar-refractivity contribution in [1.82, 2.24) is 0 Å². The second-order valence-electron chi connectivity index (χ2n) is 3.27. The van der Waals surface area contributed by atoms with Crippen LogP contribution >= 0.6 is 23.2 Å². The lowest BCUT2D eigenvalue weighted by molar-refractivity contribution is 0.0771. The fraction of sp³-hybridized carbons (Fsp3) is 0.400. The molecular formula is C10H12Cl2O2. The standard InChI is InChI=1S/C10H12Cl2O2/c1-6(5-13)10(14)8-3-2-7(11)4-9(8)12/h2-4,6,10,13-14H,5H2,1H3/t6-,10+/m0/s1. The molecule has 2 nitrogen and oxygen atoms in total. The molecule has 0 aromatic heterocycles. The lowest BCUT2D eigenvalue weighted by atomic mass is 9.98. The number of hydrogen-bond donors (Lipinski definition) is 2. The van der Waals surface area contributed by atoms with Gasteiger partial charge in [0.05, 0.1) is 6.10 Å². The first kappa shape index (κ1) is 11.8. The van der Waals surface area contributed by atoms with Crippen LogP contribution in [0.1, 0.15) is 18.6 Å². The minimum Gasteiger partial charge on any atom is -0.396 e. The van der Waals surface area contributed by atoms with E-state index < -0.39 is 6.10 Å². The van der Waals surface area contributed by atoms with Crippen LogP contribution in [-0.4, -0.2) is 16.8 Å². The third-order valence-electron chi connectivity index (χ3n) is 2.11. The van der Waals surface area contributed by atoms with Gasteiger partial charge in [-0.05, 0) is 17.7 Å². The fourth-order valence-corrected chi connectivity index (χ4v) is 1.67. The predicted octanol–water partition coefficient (Wildman–Crippen LogP) is 2.66. The van der Waals surface area contributed by atoms with Gasteiger partial charge in [-0.25, -0.2) is 0 Å². The van der Waals surface area contributed by atoms with Crippen LogP contribution < -0.4 is 0 Å². The molecule has 0 fully saturated rings. The van der Waals surface area contributed by atoms with E-state index in [1.54, 1.807) is 25.1 Å². The molecule has 2 atom stereocenters. The van der Waals surface area contributed by atoms with Crippen molar-refractivity contribution < 1.29 is 10.2 Å². The zero-order chi connectivity index (χ0) is 10.7. The zero-order valence-corrected chi connectivity index (χ0v) is 9.26. The molecule has 0 saturated carbocycles. The average Bonchev–Trinajstić information content (AvgIpc) is 2.15. The summed E-state index contributed by atoms with van der Waals surface area (Å²) in [6.07, 6.45) is -0.759. The van der Waals surface area contributed by atoms with E-state index in [0.717, 1.165) is 0 Å². The molecule has 1 aromatic carbocycles. The summed E-state index contributed by atoms with van der Waals surface area (Å²) < 4.78 is 0. The van der Waals surface area contributed by atoms with Crippen LogP contribution in [0.25, 0.3) is 0 Å². The van der Waals surface area contributed by atoms with Crippen LogP contribution in [0.2, 0.25) is 10.0 Å². The van der Waals surface area contributed by atoms with Crippen molar-refractivity contribution >= 4 is 23.2 Å². The third kappa shape index (κ3) is 2.61. The van der Waals surface area contributed by atoms with Gasteiger partial charge in [0, 0.05) is 22.6 Å². The van der Waals surface area contributed by atoms with Crippen molar-refractivity contribution in [3.63, 3.8) is 0 Å². The van der Waals surface area contributed by atoms with Crippen LogP contribution in [0.4, 0.5) is 0 Å². The topological polar surface area (TPSA) is 40.5 Å². The summed E-state index contributed by atoms with van der Waals surface area (Å²) >= 11 is 11.6. The van der Waals surface area contributed by atoms with Gasteiger partial charge < -0.3 is 10.2 Å². The van der Waals surface area contributed by atoms with Crippen LogP contribution in [0.5, 0.6) is 0 Å². The first-order valence-electron chi connectivity index (χ1n) is 4.30. The normalized spacial score (nSPS) is 15.2. The highest BCUT2D eigenvalue weighted by molar-refractivity contribution is 6.35. The Morgan fingerprint density at radius 2 is 2.00 bits per heavy atom. The Kier molecular flexibility index (Phi) is 4.20. The summed E-state index contributed by atoms with van der Waals surface area (Å²) in [6.45, 7) is 1.66. The van der Waals surface area contributed by atoms with Crippen molar-refractivity contribution in [3.8, 4) is 0 Å². The van der Waals surface area contributed by atoms with Gasteiger partial charge in [0.1, 0.15) is 0 Å². The lowest BCUT2D eigenvalue weighted by Crippen LogP contribution is -2.13. The number of hydrogen-bond acceptors (Lipinski definition) is 2. The zero-order valence-electron chi connectivity index (χ0n) is 7.74. The Bertz CT molecular complexity index is 315. The smallest absolute Gasteiger partial charge is 0.0851 e. The van der Waals surface area contributed by atoms with Gasteiger partial charge in [0.25, 0.3) is 0 Å². The molecule has 0 radical (unpaired) electrons. The fourth-order valence-electron chi connectivity index (χ4n) is 1.15. The lowest BCUT2D eigenvalue weighted by Gasteiger charge is -2.18. The maximum atomic E-state index is 9.77. The van der Waals surface area contributed by atoms with Crippen LogP contribution in [-0.2, 0) is 0 Å². The summed E-state index contributed by atoms with van der Waals surface area (Å²) in [5, 5.41) is 19.6. The highest BCUT2D eigenvalue weighted by Gasteiger charge is 2.18. The largest absolute Gasteiger partial charge is 0.396 e. The van der Waals surface area contributed by atoms with Gasteiger partial charge in [-0.3, -0.25) is 0 Å². The van der Waals surface area contributed by atoms with Crippen molar-refractivity contribution in [3.05, 3.63) is 33.8 Å². The van der Waals surface area contributed by atoms with Crippen LogP contribution in [0, 0.1) is 5.92 Å². The van der Waals surface area contributed by atoms with Crippen molar-refractivity contribution in [1.29, 1.82) is 0 Å². The molecule has 2 N–H and O–H groups in total. The molecule has 14 heavy (non-hydrogen) atoms. The summed E-state index contributed by atoms with van der Waals surface area (Å²) in [4.78, 5) is 0. The number of aliphatic hydroxyl groups is 2. The Labute approximate surface area is 93.1 Å². The second-order valence-corrected chi connectivity index (χ2v) is 4.11. The molecule has 78 valence electrons. The maximum Gasteiger partial charge on any atom is 0.0851 e. The van der Waals surface area contributed by atoms with E-state index in [1.807, 2.05) is 0 Å². The molecule has 0 unspecified atom stereocenters. The minimum atomic E-state index is -0.759. The molecule has 0 amide bonds. The van der Waals surface area contributed by atoms with Crippen LogP contribution in [0.3, 0.4) is 0 Å². The highest BCUT2D eigenvalue weighted by atomic mass is 35.5. The molecule has 0 saturated heterocycles. The Balaban J connectivity index is 2.95. The summed E-state index contributed by atoms with van der Waals surface area (Å²) in [5.74, 6) is -0.242. The SMILES string of the molecule is C[C@@H](CO)[C@@H](O)c1ccc(Cl)cc1Cl. The molecule has 0 aliphatic rings. The summed E-state index contributed by atoms with van der Waals surface area (Å²) in [5.41, 5.74) is 0.595. The summed E-state index contributed by atoms with van der Waals surface area (Å²) in [6, 6.07) is 4.91. The number of aliphatic hydroxyl groups excluding tert-OH is 2. The molecule has 1 rings (SSSR count). The molecule has 0 aliphatic carbocycles. The first-order valence-corrected chi connectivity index (χ1v) is 5.05. The molecular weight excluding hydrogens is 223 g/mol. The quantitative estimate of drug-likeness (QED) is 0.845. The van der Waals surface area contributed by atoms with E-state index in [4.69, 9.17) is 28.3 Å². The van der Waals surface area contributed by atoms with E-state index in [-0.39, 0.29) is 12.5 Å². The third-order valence-corrected chi connectivity index (χ3v) is 2.67. The van der Waals surface area contributed by atoms with E-state index >= 15 is 0 Å². The van der Waals surface area contributed by atoms with Crippen molar-refractivity contribution in [2.45, 2.75) is 13.0 Å². The molecule has 0 aliphatic heterocycles. The average molecular weight is 235 g/mol. The van der Waals surface area contributed by atoms with Gasteiger partial charge in [-0.15, -0.1) is 0 Å². The van der Waals surface area contributed by atoms with Gasteiger partial charge in [-0.1, -0.05) is 36.2 Å². The van der Waals surface area contributed by atoms with Gasteiger partial charge in [-0.2, -0.15) is 0 Å². The van der Waals surface area contributed by atoms with E-state index in [1.165, 1.54) is 0 Å². The summed E-state index contributed by atoms with van der Waals surface area (Å²) in [7, 11) is 0. The Morgan fingerprint density at radius 1 is 1.36 bits per heavy atom. The highest BCUT2D eigenvalue weighted by Crippen LogP contribution is 2.30. The molecule has 0 bridgehead atoms. The predicted molar refractivity (Wildman–Crippen MR) is 57.7 cm³/mol. The Morgan fingerprint density at radius 3 is 2.50 bits per heavy atom. The minimum absolute atomic E-state index is 0.0832. The maximum absolute atomic E-state index is 9.77. The molecule has 0 heterocycles. The first-order chi connectivity index (χ1) is 6.56. The number of rotatable bonds is 3. The Hall–Kier alpha value is -0.280. The molecule has 1 aromatic rings. The van der Waals surface area contributed by atoms with Crippen molar-refractivity contribution in [2.24, 2.45) is 5.92 Å². The van der Waals surface area contributed by atoms with E-state index in [0.29, 0.717) is 15.6 Å².